The molecule has 0 aliphatic carbocycles. The van der Waals surface area contributed by atoms with Crippen molar-refractivity contribution in [1.82, 2.24) is 4.90 Å². The molecule has 0 spiro atoms. The number of carbonyl (C=O) groups excluding carboxylic acids is 1. The zero-order valence-corrected chi connectivity index (χ0v) is 11.5. The van der Waals surface area contributed by atoms with Crippen LogP contribution in [0.4, 0.5) is 0 Å². The van der Waals surface area contributed by atoms with E-state index in [2.05, 4.69) is 4.90 Å². The fourth-order valence-electron chi connectivity index (χ4n) is 2.61. The fourth-order valence-corrected chi connectivity index (χ4v) is 2.61. The predicted molar refractivity (Wildman–Crippen MR) is 74.8 cm³/mol. The van der Waals surface area contributed by atoms with E-state index >= 15 is 0 Å². The smallest absolute Gasteiger partial charge is 0.337 e. The molecule has 1 atom stereocenters. The number of nitrogens with two attached hydrogens (primary N) is 1. The summed E-state index contributed by atoms with van der Waals surface area (Å²) >= 11 is 0. The van der Waals surface area contributed by atoms with Crippen LogP contribution >= 0.6 is 0 Å². The number of ether oxygens (including phenoxy) is 1. The molecule has 1 fully saturated rings. The lowest BCUT2D eigenvalue weighted by molar-refractivity contribution is 0.0600. The highest BCUT2D eigenvalue weighted by molar-refractivity contribution is 5.89. The van der Waals surface area contributed by atoms with E-state index in [9.17, 15) is 4.79 Å². The second-order valence-corrected chi connectivity index (χ2v) is 5.17. The molecule has 0 saturated carbocycles. The Balaban J connectivity index is 1.94. The molecule has 2 N–H and O–H groups in total. The van der Waals surface area contributed by atoms with Crippen molar-refractivity contribution in [3.63, 3.8) is 0 Å². The minimum absolute atomic E-state index is 0.285. The molecule has 2 rings (SSSR count). The van der Waals surface area contributed by atoms with Gasteiger partial charge in [0.15, 0.2) is 0 Å². The van der Waals surface area contributed by atoms with Crippen LogP contribution in [-0.4, -0.2) is 37.6 Å². The van der Waals surface area contributed by atoms with Crippen LogP contribution in [0.25, 0.3) is 0 Å². The lowest BCUT2D eigenvalue weighted by atomic mass is 9.98. The molecule has 1 aromatic carbocycles. The second-order valence-electron chi connectivity index (χ2n) is 5.17. The van der Waals surface area contributed by atoms with Crippen molar-refractivity contribution < 1.29 is 9.53 Å². The van der Waals surface area contributed by atoms with Crippen molar-refractivity contribution in [2.45, 2.75) is 19.4 Å². The summed E-state index contributed by atoms with van der Waals surface area (Å²) in [6.45, 7) is 3.92. The minimum Gasteiger partial charge on any atom is -0.465 e. The third kappa shape index (κ3) is 3.78. The van der Waals surface area contributed by atoms with E-state index in [4.69, 9.17) is 10.5 Å². The van der Waals surface area contributed by atoms with Gasteiger partial charge < -0.3 is 10.5 Å². The Morgan fingerprint density at radius 2 is 2.16 bits per heavy atom. The van der Waals surface area contributed by atoms with Crippen LogP contribution in [0.2, 0.25) is 0 Å². The Labute approximate surface area is 114 Å². The van der Waals surface area contributed by atoms with Crippen molar-refractivity contribution in [2.24, 2.45) is 11.7 Å². The average Bonchev–Trinajstić information content (AvgIpc) is 2.47. The molecule has 1 aromatic rings. The Kier molecular flexibility index (Phi) is 4.93. The van der Waals surface area contributed by atoms with Crippen molar-refractivity contribution in [3.05, 3.63) is 35.4 Å². The van der Waals surface area contributed by atoms with Gasteiger partial charge in [-0.2, -0.15) is 0 Å². The number of benzene rings is 1. The van der Waals surface area contributed by atoms with Crippen LogP contribution < -0.4 is 5.73 Å². The summed E-state index contributed by atoms with van der Waals surface area (Å²) in [5, 5.41) is 0. The quantitative estimate of drug-likeness (QED) is 0.838. The monoisotopic (exact) mass is 262 g/mol. The van der Waals surface area contributed by atoms with Gasteiger partial charge in [-0.1, -0.05) is 12.1 Å². The summed E-state index contributed by atoms with van der Waals surface area (Å²) in [6.07, 6.45) is 2.47. The molecule has 4 heteroatoms. The highest BCUT2D eigenvalue weighted by Crippen LogP contribution is 2.18. The van der Waals surface area contributed by atoms with Crippen LogP contribution in [0.5, 0.6) is 0 Å². The maximum absolute atomic E-state index is 11.4. The van der Waals surface area contributed by atoms with Gasteiger partial charge in [0.1, 0.15) is 0 Å². The number of piperidine rings is 1. The fraction of sp³-hybridized carbons (Fsp3) is 0.533. The topological polar surface area (TPSA) is 55.6 Å². The van der Waals surface area contributed by atoms with Crippen LogP contribution in [0.1, 0.15) is 28.8 Å². The number of nitrogens with zero attached hydrogens (tertiary/aromatic N) is 1. The van der Waals surface area contributed by atoms with Crippen molar-refractivity contribution in [2.75, 3.05) is 26.7 Å². The Bertz CT molecular complexity index is 417. The Morgan fingerprint density at radius 3 is 2.79 bits per heavy atom. The molecule has 0 radical (unpaired) electrons. The maximum Gasteiger partial charge on any atom is 0.337 e. The van der Waals surface area contributed by atoms with Gasteiger partial charge in [0.25, 0.3) is 0 Å². The van der Waals surface area contributed by atoms with E-state index in [1.807, 2.05) is 24.3 Å². The number of hydrogen-bond donors (Lipinski definition) is 1. The third-order valence-corrected chi connectivity index (χ3v) is 3.72. The third-order valence-electron chi connectivity index (χ3n) is 3.72. The maximum atomic E-state index is 11.4. The van der Waals surface area contributed by atoms with Gasteiger partial charge in [-0.3, -0.25) is 4.90 Å². The lowest BCUT2D eigenvalue weighted by Gasteiger charge is -2.32. The molecule has 0 bridgehead atoms. The first-order valence-electron chi connectivity index (χ1n) is 6.82. The van der Waals surface area contributed by atoms with Gasteiger partial charge in [-0.15, -0.1) is 0 Å². The van der Waals surface area contributed by atoms with E-state index < -0.39 is 0 Å². The molecule has 4 nitrogen and oxygen atoms in total. The highest BCUT2D eigenvalue weighted by Gasteiger charge is 2.18. The second kappa shape index (κ2) is 6.68. The van der Waals surface area contributed by atoms with E-state index in [0.29, 0.717) is 11.5 Å². The molecule has 1 heterocycles. The minimum atomic E-state index is -0.285. The Hall–Kier alpha value is -1.39. The van der Waals surface area contributed by atoms with Gasteiger partial charge in [-0.25, -0.2) is 4.79 Å². The van der Waals surface area contributed by atoms with E-state index in [1.165, 1.54) is 25.5 Å². The first kappa shape index (κ1) is 14.0. The van der Waals surface area contributed by atoms with Crippen LogP contribution in [0.3, 0.4) is 0 Å². The van der Waals surface area contributed by atoms with Crippen molar-refractivity contribution >= 4 is 5.97 Å². The number of carbonyl (C=O) groups is 1. The van der Waals surface area contributed by atoms with E-state index in [1.54, 1.807) is 0 Å². The van der Waals surface area contributed by atoms with Gasteiger partial charge in [0, 0.05) is 13.1 Å². The first-order valence-corrected chi connectivity index (χ1v) is 6.82. The number of esters is 1. The molecule has 1 aliphatic heterocycles. The van der Waals surface area contributed by atoms with E-state index in [-0.39, 0.29) is 5.97 Å². The zero-order chi connectivity index (χ0) is 13.7. The van der Waals surface area contributed by atoms with Gasteiger partial charge in [-0.05, 0) is 49.5 Å². The predicted octanol–water partition coefficient (Wildman–Crippen LogP) is 1.64. The number of likely N-dealkylation sites (tertiary alicyclic amines) is 1. The SMILES string of the molecule is COC(=O)c1ccc(CN2CCCC(CN)C2)cc1. The number of methoxy groups -OCH3 is 1. The number of rotatable bonds is 4. The van der Waals surface area contributed by atoms with Gasteiger partial charge in [0.2, 0.25) is 0 Å². The summed E-state index contributed by atoms with van der Waals surface area (Å²) in [4.78, 5) is 13.8. The number of hydrogen-bond acceptors (Lipinski definition) is 4. The van der Waals surface area contributed by atoms with Crippen LogP contribution in [-0.2, 0) is 11.3 Å². The molecular formula is C15H22N2O2. The van der Waals surface area contributed by atoms with E-state index in [0.717, 1.165) is 26.2 Å². The molecule has 0 amide bonds. The van der Waals surface area contributed by atoms with Crippen molar-refractivity contribution in [3.8, 4) is 0 Å². The highest BCUT2D eigenvalue weighted by atomic mass is 16.5. The molecule has 104 valence electrons. The summed E-state index contributed by atoms with van der Waals surface area (Å²) in [5.41, 5.74) is 7.58. The van der Waals surface area contributed by atoms with Crippen molar-refractivity contribution in [1.29, 1.82) is 0 Å². The summed E-state index contributed by atoms with van der Waals surface area (Å²) < 4.78 is 4.69. The largest absolute Gasteiger partial charge is 0.465 e. The molecule has 19 heavy (non-hydrogen) atoms. The first-order chi connectivity index (χ1) is 9.22. The molecule has 0 aromatic heterocycles. The molecular weight excluding hydrogens is 240 g/mol. The molecule has 1 aliphatic rings. The summed E-state index contributed by atoms with van der Waals surface area (Å²) in [6, 6.07) is 7.65. The lowest BCUT2D eigenvalue weighted by Crippen LogP contribution is -2.37. The van der Waals surface area contributed by atoms with Gasteiger partial charge >= 0.3 is 5.97 Å². The summed E-state index contributed by atoms with van der Waals surface area (Å²) in [5.74, 6) is 0.343. The van der Waals surface area contributed by atoms with Gasteiger partial charge in [0.05, 0.1) is 12.7 Å². The Morgan fingerprint density at radius 1 is 1.42 bits per heavy atom. The molecule has 1 saturated heterocycles. The average molecular weight is 262 g/mol. The summed E-state index contributed by atoms with van der Waals surface area (Å²) in [7, 11) is 1.40. The van der Waals surface area contributed by atoms with Crippen LogP contribution in [0.15, 0.2) is 24.3 Å². The zero-order valence-electron chi connectivity index (χ0n) is 11.5. The van der Waals surface area contributed by atoms with Crippen LogP contribution in [0, 0.1) is 5.92 Å². The standard InChI is InChI=1S/C15H22N2O2/c1-19-15(18)14-6-4-12(5-7-14)10-17-8-2-3-13(9-16)11-17/h4-7,13H,2-3,8-11,16H2,1H3. The normalized spacial score (nSPS) is 20.2. The molecule has 1 unspecified atom stereocenters.